The molecule has 1 amide bonds. The van der Waals surface area contributed by atoms with Crippen molar-refractivity contribution in [3.05, 3.63) is 23.7 Å². The Morgan fingerprint density at radius 3 is 2.71 bits per heavy atom. The van der Waals surface area contributed by atoms with Crippen molar-refractivity contribution in [1.82, 2.24) is 9.62 Å². The van der Waals surface area contributed by atoms with Gasteiger partial charge in [0.15, 0.2) is 0 Å². The third kappa shape index (κ3) is 3.56. The lowest BCUT2D eigenvalue weighted by molar-refractivity contribution is -0.153. The van der Waals surface area contributed by atoms with E-state index in [1.165, 1.54) is 4.31 Å². The van der Waals surface area contributed by atoms with Crippen LogP contribution in [0.4, 0.5) is 13.2 Å². The molecular formula is C11H13F3N2O4S. The molecule has 2 heterocycles. The van der Waals surface area contributed by atoms with E-state index in [-0.39, 0.29) is 18.8 Å². The highest BCUT2D eigenvalue weighted by atomic mass is 32.2. The highest BCUT2D eigenvalue weighted by Gasteiger charge is 2.39. The zero-order valence-electron chi connectivity index (χ0n) is 10.8. The van der Waals surface area contributed by atoms with E-state index in [1.807, 2.05) is 0 Å². The highest BCUT2D eigenvalue weighted by Crippen LogP contribution is 2.32. The number of halogens is 3. The van der Waals surface area contributed by atoms with Crippen molar-refractivity contribution in [2.75, 3.05) is 25.4 Å². The second-order valence-electron chi connectivity index (χ2n) is 4.49. The van der Waals surface area contributed by atoms with Gasteiger partial charge < -0.3 is 9.73 Å². The van der Waals surface area contributed by atoms with Crippen molar-refractivity contribution in [2.45, 2.75) is 12.6 Å². The summed E-state index contributed by atoms with van der Waals surface area (Å²) in [6.07, 6.45) is -3.46. The summed E-state index contributed by atoms with van der Waals surface area (Å²) < 4.78 is 66.1. The Morgan fingerprint density at radius 1 is 1.43 bits per heavy atom. The van der Waals surface area contributed by atoms with Crippen LogP contribution in [0.2, 0.25) is 0 Å². The molecule has 1 aliphatic rings. The molecule has 0 aliphatic carbocycles. The summed E-state index contributed by atoms with van der Waals surface area (Å²) in [6.45, 7) is 0.325. The van der Waals surface area contributed by atoms with E-state index in [1.54, 1.807) is 0 Å². The topological polar surface area (TPSA) is 79.6 Å². The van der Waals surface area contributed by atoms with Crippen LogP contribution in [0.25, 0.3) is 0 Å². The molecule has 1 fully saturated rings. The Bertz CT molecular complexity index is 624. The van der Waals surface area contributed by atoms with Crippen LogP contribution in [0.1, 0.15) is 22.5 Å². The molecule has 1 saturated heterocycles. The van der Waals surface area contributed by atoms with Crippen LogP contribution in [0.5, 0.6) is 0 Å². The lowest BCUT2D eigenvalue weighted by Crippen LogP contribution is -2.36. The van der Waals surface area contributed by atoms with Gasteiger partial charge >= 0.3 is 6.18 Å². The van der Waals surface area contributed by atoms with Gasteiger partial charge in [-0.2, -0.15) is 13.2 Å². The average molecular weight is 326 g/mol. The Kier molecular flexibility index (Phi) is 4.28. The van der Waals surface area contributed by atoms with E-state index in [9.17, 15) is 26.4 Å². The first-order valence-corrected chi connectivity index (χ1v) is 7.73. The molecule has 1 aromatic heterocycles. The minimum atomic E-state index is -4.76. The van der Waals surface area contributed by atoms with Crippen LogP contribution in [0, 0.1) is 0 Å². The third-order valence-electron chi connectivity index (χ3n) is 3.02. The number of sulfonamides is 1. The van der Waals surface area contributed by atoms with Gasteiger partial charge in [0, 0.05) is 19.6 Å². The molecule has 2 rings (SSSR count). The van der Waals surface area contributed by atoms with Crippen molar-refractivity contribution < 1.29 is 30.8 Å². The Hall–Kier alpha value is -1.55. The number of alkyl halides is 3. The van der Waals surface area contributed by atoms with Crippen molar-refractivity contribution in [3.63, 3.8) is 0 Å². The van der Waals surface area contributed by atoms with Gasteiger partial charge in [-0.3, -0.25) is 4.79 Å². The minimum absolute atomic E-state index is 0.0350. The summed E-state index contributed by atoms with van der Waals surface area (Å²) in [5.74, 6) is -2.26. The molecule has 0 spiro atoms. The molecule has 118 valence electrons. The molecule has 0 saturated carbocycles. The molecule has 1 aromatic rings. The van der Waals surface area contributed by atoms with Crippen LogP contribution in [-0.2, 0) is 16.2 Å². The van der Waals surface area contributed by atoms with Crippen molar-refractivity contribution in [1.29, 1.82) is 0 Å². The predicted octanol–water partition coefficient (Wildman–Crippen LogP) is 1.06. The first-order valence-electron chi connectivity index (χ1n) is 6.12. The molecular weight excluding hydrogens is 313 g/mol. The number of carbonyl (C=O) groups excluding carboxylic acids is 1. The third-order valence-corrected chi connectivity index (χ3v) is 4.97. The zero-order valence-corrected chi connectivity index (χ0v) is 11.6. The molecule has 0 radical (unpaired) electrons. The van der Waals surface area contributed by atoms with E-state index in [2.05, 4.69) is 9.73 Å². The highest BCUT2D eigenvalue weighted by molar-refractivity contribution is 7.89. The first kappa shape index (κ1) is 15.8. The van der Waals surface area contributed by atoms with Crippen molar-refractivity contribution in [2.24, 2.45) is 0 Å². The summed E-state index contributed by atoms with van der Waals surface area (Å²) in [5, 5.41) is 2.26. The van der Waals surface area contributed by atoms with E-state index in [0.717, 1.165) is 12.3 Å². The second kappa shape index (κ2) is 5.68. The smallest absolute Gasteiger partial charge is 0.450 e. The molecule has 21 heavy (non-hydrogen) atoms. The quantitative estimate of drug-likeness (QED) is 0.897. The van der Waals surface area contributed by atoms with Gasteiger partial charge in [0.05, 0.1) is 17.6 Å². The minimum Gasteiger partial charge on any atom is -0.459 e. The van der Waals surface area contributed by atoms with Gasteiger partial charge in [-0.25, -0.2) is 12.7 Å². The summed E-state index contributed by atoms with van der Waals surface area (Å²) in [7, 11) is -3.29. The Labute approximate surface area is 119 Å². The summed E-state index contributed by atoms with van der Waals surface area (Å²) in [6, 6.07) is 0.921. The lowest BCUT2D eigenvalue weighted by atomic mass is 10.2. The summed E-state index contributed by atoms with van der Waals surface area (Å²) in [4.78, 5) is 11.7. The van der Waals surface area contributed by atoms with E-state index in [0.29, 0.717) is 13.0 Å². The molecule has 0 unspecified atom stereocenters. The summed E-state index contributed by atoms with van der Waals surface area (Å²) >= 11 is 0. The van der Waals surface area contributed by atoms with E-state index in [4.69, 9.17) is 0 Å². The van der Waals surface area contributed by atoms with E-state index >= 15 is 0 Å². The number of nitrogens with one attached hydrogen (secondary N) is 1. The number of furan rings is 1. The van der Waals surface area contributed by atoms with Gasteiger partial charge in [-0.05, 0) is 12.5 Å². The molecule has 0 atom stereocenters. The van der Waals surface area contributed by atoms with Crippen LogP contribution in [0.3, 0.4) is 0 Å². The molecule has 10 heteroatoms. The molecule has 0 aromatic carbocycles. The zero-order chi connectivity index (χ0) is 15.7. The molecule has 0 bridgehead atoms. The average Bonchev–Trinajstić information content (AvgIpc) is 2.95. The monoisotopic (exact) mass is 326 g/mol. The fourth-order valence-corrected chi connectivity index (χ4v) is 3.57. The number of hydrogen-bond acceptors (Lipinski definition) is 4. The number of nitrogens with zero attached hydrogens (tertiary/aromatic N) is 1. The summed E-state index contributed by atoms with van der Waals surface area (Å²) in [5.41, 5.74) is -0.619. The maximum Gasteiger partial charge on any atom is 0.450 e. The van der Waals surface area contributed by atoms with Crippen molar-refractivity contribution in [3.8, 4) is 0 Å². The fourth-order valence-electron chi connectivity index (χ4n) is 2.04. The van der Waals surface area contributed by atoms with Gasteiger partial charge in [0.25, 0.3) is 5.91 Å². The maximum absolute atomic E-state index is 12.6. The molecule has 1 aliphatic heterocycles. The molecule has 6 nitrogen and oxygen atoms in total. The van der Waals surface area contributed by atoms with Gasteiger partial charge in [0.2, 0.25) is 15.8 Å². The lowest BCUT2D eigenvalue weighted by Gasteiger charge is -2.14. The van der Waals surface area contributed by atoms with Crippen LogP contribution < -0.4 is 5.32 Å². The van der Waals surface area contributed by atoms with Gasteiger partial charge in [-0.15, -0.1) is 0 Å². The Morgan fingerprint density at radius 2 is 2.14 bits per heavy atom. The van der Waals surface area contributed by atoms with Crippen LogP contribution in [0.15, 0.2) is 16.7 Å². The van der Waals surface area contributed by atoms with Crippen LogP contribution in [-0.4, -0.2) is 44.0 Å². The normalized spacial score (nSPS) is 18.8. The van der Waals surface area contributed by atoms with Gasteiger partial charge in [-0.1, -0.05) is 0 Å². The molecule has 1 N–H and O–H groups in total. The van der Waals surface area contributed by atoms with Gasteiger partial charge in [0.1, 0.15) is 0 Å². The largest absolute Gasteiger partial charge is 0.459 e. The first-order chi connectivity index (χ1) is 9.72. The second-order valence-corrected chi connectivity index (χ2v) is 6.57. The van der Waals surface area contributed by atoms with E-state index < -0.39 is 33.4 Å². The standard InChI is InChI=1S/C11H13F3N2O4S/c12-11(13,14)9-8(2-6-20-9)10(17)15-3-5-16-4-1-7-21(16,18)19/h2,6H,1,3-5,7H2,(H,15,17). The number of rotatable bonds is 4. The van der Waals surface area contributed by atoms with Crippen molar-refractivity contribution >= 4 is 15.9 Å². The number of hydrogen-bond donors (Lipinski definition) is 1. The Balaban J connectivity index is 1.93. The number of carbonyl (C=O) groups is 1. The number of amides is 1. The maximum atomic E-state index is 12.6. The SMILES string of the molecule is O=C(NCCN1CCCS1(=O)=O)c1ccoc1C(F)(F)F. The van der Waals surface area contributed by atoms with Crippen LogP contribution >= 0.6 is 0 Å². The predicted molar refractivity (Wildman–Crippen MR) is 66.0 cm³/mol. The fraction of sp³-hybridized carbons (Fsp3) is 0.545.